The standard InChI is InChI=1S/C6H13F/c1-5(2)4-6(3)7/h5-6H,4H2,1-3H3. The Balaban J connectivity index is 2.95. The van der Waals surface area contributed by atoms with E-state index >= 15 is 0 Å². The van der Waals surface area contributed by atoms with E-state index in [0.717, 1.165) is 0 Å². The van der Waals surface area contributed by atoms with Crippen LogP contribution in [0.1, 0.15) is 27.2 Å². The minimum Gasteiger partial charge on any atom is -0.248 e. The van der Waals surface area contributed by atoms with E-state index in [-0.39, 0.29) is 0 Å². The van der Waals surface area contributed by atoms with Gasteiger partial charge in [-0.25, -0.2) is 4.39 Å². The summed E-state index contributed by atoms with van der Waals surface area (Å²) in [4.78, 5) is 0. The molecule has 0 aromatic heterocycles. The van der Waals surface area contributed by atoms with Crippen molar-refractivity contribution in [1.29, 1.82) is 0 Å². The summed E-state index contributed by atoms with van der Waals surface area (Å²) in [6.07, 6.45) is 0.0694. The van der Waals surface area contributed by atoms with Crippen molar-refractivity contribution in [2.75, 3.05) is 0 Å². The summed E-state index contributed by atoms with van der Waals surface area (Å²) < 4.78 is 12.0. The van der Waals surface area contributed by atoms with Crippen molar-refractivity contribution in [2.24, 2.45) is 5.92 Å². The van der Waals surface area contributed by atoms with Gasteiger partial charge in [-0.3, -0.25) is 0 Å². The molecule has 44 valence electrons. The molecule has 0 bridgehead atoms. The van der Waals surface area contributed by atoms with Crippen LogP contribution >= 0.6 is 0 Å². The highest BCUT2D eigenvalue weighted by Gasteiger charge is 1.99. The minimum atomic E-state index is -0.625. The third-order valence-corrected chi connectivity index (χ3v) is 0.796. The summed E-state index contributed by atoms with van der Waals surface area (Å²) >= 11 is 0. The van der Waals surface area contributed by atoms with Gasteiger partial charge in [-0.2, -0.15) is 0 Å². The second-order valence-corrected chi connectivity index (χ2v) is 2.41. The molecule has 0 aromatic carbocycles. The molecule has 0 saturated carbocycles. The maximum atomic E-state index is 12.0. The van der Waals surface area contributed by atoms with E-state index in [1.54, 1.807) is 6.92 Å². The summed E-state index contributed by atoms with van der Waals surface area (Å²) in [6.45, 7) is 5.64. The third-order valence-electron chi connectivity index (χ3n) is 0.796. The second kappa shape index (κ2) is 3.00. The van der Waals surface area contributed by atoms with E-state index in [1.807, 2.05) is 13.8 Å². The molecule has 1 heteroatoms. The third kappa shape index (κ3) is 5.93. The van der Waals surface area contributed by atoms with Gasteiger partial charge in [-0.05, 0) is 19.3 Å². The van der Waals surface area contributed by atoms with Crippen molar-refractivity contribution >= 4 is 0 Å². The summed E-state index contributed by atoms with van der Waals surface area (Å²) in [5, 5.41) is 0. The van der Waals surface area contributed by atoms with E-state index in [4.69, 9.17) is 0 Å². The highest BCUT2D eigenvalue weighted by atomic mass is 19.1. The van der Waals surface area contributed by atoms with E-state index < -0.39 is 6.17 Å². The smallest absolute Gasteiger partial charge is 0.0976 e. The van der Waals surface area contributed by atoms with Crippen LogP contribution in [0.3, 0.4) is 0 Å². The first kappa shape index (κ1) is 6.93. The van der Waals surface area contributed by atoms with E-state index in [9.17, 15) is 4.39 Å². The van der Waals surface area contributed by atoms with Crippen LogP contribution in [0, 0.1) is 5.92 Å². The van der Waals surface area contributed by atoms with E-state index in [0.29, 0.717) is 12.3 Å². The van der Waals surface area contributed by atoms with Crippen molar-refractivity contribution < 1.29 is 4.39 Å². The Morgan fingerprint density at radius 1 is 1.29 bits per heavy atom. The molecular formula is C6H13F. The van der Waals surface area contributed by atoms with Crippen molar-refractivity contribution in [1.82, 2.24) is 0 Å². The summed E-state index contributed by atoms with van der Waals surface area (Å²) in [5.41, 5.74) is 0. The van der Waals surface area contributed by atoms with Crippen LogP contribution in [0.5, 0.6) is 0 Å². The van der Waals surface area contributed by atoms with Crippen molar-refractivity contribution in [3.05, 3.63) is 0 Å². The highest BCUT2D eigenvalue weighted by molar-refractivity contribution is 4.49. The minimum absolute atomic E-state index is 0.500. The molecule has 0 saturated heterocycles. The predicted molar refractivity (Wildman–Crippen MR) is 30.0 cm³/mol. The van der Waals surface area contributed by atoms with Crippen LogP contribution in [0.25, 0.3) is 0 Å². The molecule has 0 heterocycles. The molecule has 1 unspecified atom stereocenters. The maximum Gasteiger partial charge on any atom is 0.0976 e. The molecule has 0 amide bonds. The first-order valence-electron chi connectivity index (χ1n) is 2.77. The quantitative estimate of drug-likeness (QED) is 0.504. The van der Waals surface area contributed by atoms with Gasteiger partial charge >= 0.3 is 0 Å². The topological polar surface area (TPSA) is 0 Å². The van der Waals surface area contributed by atoms with Crippen LogP contribution in [0.2, 0.25) is 0 Å². The second-order valence-electron chi connectivity index (χ2n) is 2.41. The molecule has 7 heavy (non-hydrogen) atoms. The molecular weight excluding hydrogens is 91.1 g/mol. The van der Waals surface area contributed by atoms with Crippen LogP contribution < -0.4 is 0 Å². The molecule has 0 aliphatic carbocycles. The molecule has 0 aliphatic rings. The molecule has 0 radical (unpaired) electrons. The molecule has 0 spiro atoms. The Hall–Kier alpha value is -0.0700. The maximum absolute atomic E-state index is 12.0. The van der Waals surface area contributed by atoms with Gasteiger partial charge < -0.3 is 0 Å². The lowest BCUT2D eigenvalue weighted by Crippen LogP contribution is -1.97. The van der Waals surface area contributed by atoms with Gasteiger partial charge in [0.05, 0.1) is 6.17 Å². The predicted octanol–water partition coefficient (Wildman–Crippen LogP) is 2.39. The van der Waals surface area contributed by atoms with Gasteiger partial charge in [-0.15, -0.1) is 0 Å². The van der Waals surface area contributed by atoms with Crippen LogP contribution in [-0.2, 0) is 0 Å². The molecule has 0 nitrogen and oxygen atoms in total. The molecule has 0 aromatic rings. The lowest BCUT2D eigenvalue weighted by Gasteiger charge is -2.02. The highest BCUT2D eigenvalue weighted by Crippen LogP contribution is 2.05. The summed E-state index contributed by atoms with van der Waals surface area (Å²) in [5.74, 6) is 0.500. The lowest BCUT2D eigenvalue weighted by atomic mass is 10.1. The van der Waals surface area contributed by atoms with E-state index in [2.05, 4.69) is 0 Å². The SMILES string of the molecule is CC(C)CC(C)F. The summed E-state index contributed by atoms with van der Waals surface area (Å²) in [7, 11) is 0. The lowest BCUT2D eigenvalue weighted by molar-refractivity contribution is 0.306. The Morgan fingerprint density at radius 2 is 1.71 bits per heavy atom. The van der Waals surface area contributed by atoms with Crippen LogP contribution in [0.4, 0.5) is 4.39 Å². The van der Waals surface area contributed by atoms with E-state index in [1.165, 1.54) is 0 Å². The van der Waals surface area contributed by atoms with Gasteiger partial charge in [0, 0.05) is 0 Å². The Labute approximate surface area is 44.7 Å². The monoisotopic (exact) mass is 104 g/mol. The fraction of sp³-hybridized carbons (Fsp3) is 1.00. The van der Waals surface area contributed by atoms with Crippen molar-refractivity contribution in [3.8, 4) is 0 Å². The first-order chi connectivity index (χ1) is 3.13. The van der Waals surface area contributed by atoms with Gasteiger partial charge in [0.25, 0.3) is 0 Å². The number of alkyl halides is 1. The molecule has 0 N–H and O–H groups in total. The molecule has 0 aliphatic heterocycles. The number of hydrogen-bond acceptors (Lipinski definition) is 0. The van der Waals surface area contributed by atoms with Crippen LogP contribution in [-0.4, -0.2) is 6.17 Å². The largest absolute Gasteiger partial charge is 0.248 e. The van der Waals surface area contributed by atoms with Crippen molar-refractivity contribution in [3.63, 3.8) is 0 Å². The molecule has 0 fully saturated rings. The van der Waals surface area contributed by atoms with Crippen molar-refractivity contribution in [2.45, 2.75) is 33.4 Å². The molecule has 1 atom stereocenters. The molecule has 0 rings (SSSR count). The zero-order valence-electron chi connectivity index (χ0n) is 5.24. The van der Waals surface area contributed by atoms with Gasteiger partial charge in [0.15, 0.2) is 0 Å². The number of rotatable bonds is 2. The normalized spacial score (nSPS) is 15.0. The number of hydrogen-bond donors (Lipinski definition) is 0. The van der Waals surface area contributed by atoms with Crippen LogP contribution in [0.15, 0.2) is 0 Å². The first-order valence-corrected chi connectivity index (χ1v) is 2.77. The van der Waals surface area contributed by atoms with Gasteiger partial charge in [0.1, 0.15) is 0 Å². The average molecular weight is 104 g/mol. The van der Waals surface area contributed by atoms with Gasteiger partial charge in [0.2, 0.25) is 0 Å². The fourth-order valence-corrected chi connectivity index (χ4v) is 0.650. The number of halogens is 1. The fourth-order valence-electron chi connectivity index (χ4n) is 0.650. The Bertz CT molecular complexity index is 33.4. The zero-order chi connectivity index (χ0) is 5.86. The average Bonchev–Trinajstić information content (AvgIpc) is 1.27. The Morgan fingerprint density at radius 3 is 1.71 bits per heavy atom. The van der Waals surface area contributed by atoms with Gasteiger partial charge in [-0.1, -0.05) is 13.8 Å². The Kier molecular flexibility index (Phi) is 2.97. The summed E-state index contributed by atoms with van der Waals surface area (Å²) in [6, 6.07) is 0. The zero-order valence-corrected chi connectivity index (χ0v) is 5.24.